The molecule has 2 atom stereocenters. The normalized spacial score (nSPS) is 23.7. The summed E-state index contributed by atoms with van der Waals surface area (Å²) in [6, 6.07) is 6.55. The topological polar surface area (TPSA) is 86.7 Å². The highest BCUT2D eigenvalue weighted by molar-refractivity contribution is 6.30. The number of carbonyl (C=O) groups excluding carboxylic acids is 3. The monoisotopic (exact) mass is 490 g/mol. The second-order valence-electron chi connectivity index (χ2n) is 11.0. The summed E-state index contributed by atoms with van der Waals surface area (Å²) in [5.41, 5.74) is -0.908. The molecular weight excluding hydrogens is 452 g/mol. The Morgan fingerprint density at radius 1 is 1.12 bits per heavy atom. The smallest absolute Gasteiger partial charge is 0.245 e. The predicted octanol–water partition coefficient (Wildman–Crippen LogP) is 4.47. The van der Waals surface area contributed by atoms with Crippen LogP contribution in [0.5, 0.6) is 0 Å². The van der Waals surface area contributed by atoms with Crippen molar-refractivity contribution < 1.29 is 19.5 Å². The molecule has 1 aromatic rings. The molecule has 2 N–H and O–H groups in total. The van der Waals surface area contributed by atoms with E-state index in [1.807, 2.05) is 39.8 Å². The fourth-order valence-corrected chi connectivity index (χ4v) is 5.54. The van der Waals surface area contributed by atoms with Gasteiger partial charge >= 0.3 is 0 Å². The number of hydrogen-bond acceptors (Lipinski definition) is 4. The maximum absolute atomic E-state index is 13.4. The fraction of sp³-hybridized carbons (Fsp3) is 0.667. The number of benzene rings is 1. The van der Waals surface area contributed by atoms with Gasteiger partial charge in [-0.2, -0.15) is 0 Å². The number of carbonyl (C=O) groups is 3. The summed E-state index contributed by atoms with van der Waals surface area (Å²) in [6.07, 6.45) is 4.79. The molecule has 2 amide bonds. The summed E-state index contributed by atoms with van der Waals surface area (Å²) >= 11 is 6.02. The molecule has 1 aliphatic heterocycles. The van der Waals surface area contributed by atoms with Gasteiger partial charge in [-0.15, -0.1) is 0 Å². The number of hydrogen-bond donors (Lipinski definition) is 2. The van der Waals surface area contributed by atoms with Crippen molar-refractivity contribution in [2.75, 3.05) is 13.1 Å². The van der Waals surface area contributed by atoms with E-state index in [0.717, 1.165) is 31.2 Å². The number of Topliss-reactive ketones (excluding diaryl/α,β-unsaturated/α-hetero) is 1. The number of likely N-dealkylation sites (tertiary alicyclic amines) is 1. The number of nitrogens with one attached hydrogen (secondary N) is 1. The summed E-state index contributed by atoms with van der Waals surface area (Å²) in [6.45, 7) is 8.49. The SMILES string of the molecule is CC(C)[C@@H](NC(=O)CCC(=O)C1CCCC1)C(=O)N1CC[C@](O)(c2ccc(Cl)cc2)C(C)(C)C1. The first kappa shape index (κ1) is 26.7. The second-order valence-corrected chi connectivity index (χ2v) is 11.4. The Kier molecular flexibility index (Phi) is 8.46. The number of amides is 2. The van der Waals surface area contributed by atoms with Crippen molar-refractivity contribution in [1.82, 2.24) is 10.2 Å². The van der Waals surface area contributed by atoms with E-state index in [2.05, 4.69) is 5.32 Å². The van der Waals surface area contributed by atoms with Gasteiger partial charge in [0.2, 0.25) is 11.8 Å². The van der Waals surface area contributed by atoms with Crippen molar-refractivity contribution in [2.24, 2.45) is 17.3 Å². The second kappa shape index (κ2) is 10.8. The van der Waals surface area contributed by atoms with E-state index in [9.17, 15) is 19.5 Å². The van der Waals surface area contributed by atoms with Gasteiger partial charge in [-0.1, -0.05) is 64.3 Å². The van der Waals surface area contributed by atoms with Crippen molar-refractivity contribution in [3.8, 4) is 0 Å². The third-order valence-electron chi connectivity index (χ3n) is 7.74. The highest BCUT2D eigenvalue weighted by atomic mass is 35.5. The van der Waals surface area contributed by atoms with Crippen LogP contribution in [0.1, 0.15) is 78.2 Å². The average Bonchev–Trinajstić information content (AvgIpc) is 3.32. The van der Waals surface area contributed by atoms with Gasteiger partial charge in [0.1, 0.15) is 11.8 Å². The Hall–Kier alpha value is -1.92. The Morgan fingerprint density at radius 2 is 1.74 bits per heavy atom. The van der Waals surface area contributed by atoms with Gasteiger partial charge in [-0.05, 0) is 42.9 Å². The van der Waals surface area contributed by atoms with Gasteiger partial charge in [-0.25, -0.2) is 0 Å². The minimum absolute atomic E-state index is 0.0952. The molecule has 0 unspecified atom stereocenters. The van der Waals surface area contributed by atoms with Gasteiger partial charge in [0, 0.05) is 42.3 Å². The predicted molar refractivity (Wildman–Crippen MR) is 133 cm³/mol. The zero-order chi connectivity index (χ0) is 25.1. The molecule has 34 heavy (non-hydrogen) atoms. The molecule has 1 saturated carbocycles. The van der Waals surface area contributed by atoms with Gasteiger partial charge in [-0.3, -0.25) is 14.4 Å². The molecule has 0 radical (unpaired) electrons. The van der Waals surface area contributed by atoms with Gasteiger partial charge in [0.15, 0.2) is 0 Å². The molecule has 188 valence electrons. The Balaban J connectivity index is 1.62. The first-order valence-electron chi connectivity index (χ1n) is 12.5. The summed E-state index contributed by atoms with van der Waals surface area (Å²) < 4.78 is 0. The van der Waals surface area contributed by atoms with Crippen LogP contribution >= 0.6 is 11.6 Å². The third-order valence-corrected chi connectivity index (χ3v) is 7.99. The van der Waals surface area contributed by atoms with Gasteiger partial charge in [0.25, 0.3) is 0 Å². The molecule has 2 fully saturated rings. The maximum Gasteiger partial charge on any atom is 0.245 e. The number of rotatable bonds is 8. The molecule has 0 aromatic heterocycles. The number of ketones is 1. The zero-order valence-electron chi connectivity index (χ0n) is 20.9. The van der Waals surface area contributed by atoms with Crippen LogP contribution in [0.2, 0.25) is 5.02 Å². The molecule has 2 aliphatic rings. The lowest BCUT2D eigenvalue weighted by Crippen LogP contribution is -2.60. The molecule has 7 heteroatoms. The van der Waals surface area contributed by atoms with E-state index in [1.165, 1.54) is 0 Å². The van der Waals surface area contributed by atoms with E-state index < -0.39 is 17.1 Å². The lowest BCUT2D eigenvalue weighted by atomic mass is 9.66. The average molecular weight is 491 g/mol. The number of aliphatic hydroxyl groups is 1. The van der Waals surface area contributed by atoms with Crippen LogP contribution in [0.4, 0.5) is 0 Å². The summed E-state index contributed by atoms with van der Waals surface area (Å²) in [5.74, 6) is -0.226. The molecule has 1 aliphatic carbocycles. The highest BCUT2D eigenvalue weighted by Crippen LogP contribution is 2.46. The Bertz CT molecular complexity index is 892. The van der Waals surface area contributed by atoms with Crippen LogP contribution in [0, 0.1) is 17.3 Å². The van der Waals surface area contributed by atoms with Crippen molar-refractivity contribution in [1.29, 1.82) is 0 Å². The van der Waals surface area contributed by atoms with Crippen LogP contribution in [0.25, 0.3) is 0 Å². The minimum Gasteiger partial charge on any atom is -0.384 e. The first-order valence-corrected chi connectivity index (χ1v) is 12.9. The first-order chi connectivity index (χ1) is 15.9. The van der Waals surface area contributed by atoms with E-state index in [-0.39, 0.29) is 42.3 Å². The molecule has 0 spiro atoms. The quantitative estimate of drug-likeness (QED) is 0.563. The Morgan fingerprint density at radius 3 is 2.29 bits per heavy atom. The highest BCUT2D eigenvalue weighted by Gasteiger charge is 2.50. The van der Waals surface area contributed by atoms with Gasteiger partial charge < -0.3 is 15.3 Å². The molecule has 1 aromatic carbocycles. The zero-order valence-corrected chi connectivity index (χ0v) is 21.7. The van der Waals surface area contributed by atoms with Crippen LogP contribution in [-0.4, -0.2) is 46.7 Å². The Labute approximate surface area is 208 Å². The number of halogens is 1. The summed E-state index contributed by atoms with van der Waals surface area (Å²) in [5, 5.41) is 15.1. The standard InChI is InChI=1S/C27H39ClN2O4/c1-18(2)24(29-23(32)14-13-22(31)19-7-5-6-8-19)25(33)30-16-15-27(34,26(3,4)17-30)20-9-11-21(28)12-10-20/h9-12,18-19,24,34H,5-8,13-17H2,1-4H3,(H,29,32)/t24-,27+/m1/s1. The molecule has 1 saturated heterocycles. The number of nitrogens with zero attached hydrogens (tertiary/aromatic N) is 1. The summed E-state index contributed by atoms with van der Waals surface area (Å²) in [4.78, 5) is 40.2. The van der Waals surface area contributed by atoms with E-state index in [0.29, 0.717) is 24.5 Å². The maximum atomic E-state index is 13.4. The van der Waals surface area contributed by atoms with E-state index in [1.54, 1.807) is 17.0 Å². The minimum atomic E-state index is -1.09. The van der Waals surface area contributed by atoms with Crippen LogP contribution in [-0.2, 0) is 20.0 Å². The molecule has 6 nitrogen and oxygen atoms in total. The van der Waals surface area contributed by atoms with Crippen LogP contribution in [0.3, 0.4) is 0 Å². The largest absolute Gasteiger partial charge is 0.384 e. The van der Waals surface area contributed by atoms with Gasteiger partial charge in [0.05, 0.1) is 5.60 Å². The molecule has 0 bridgehead atoms. The molecular formula is C27H39ClN2O4. The molecule has 1 heterocycles. The molecule has 3 rings (SSSR count). The van der Waals surface area contributed by atoms with E-state index >= 15 is 0 Å². The fourth-order valence-electron chi connectivity index (χ4n) is 5.42. The van der Waals surface area contributed by atoms with Crippen molar-refractivity contribution in [3.63, 3.8) is 0 Å². The summed E-state index contributed by atoms with van der Waals surface area (Å²) in [7, 11) is 0. The van der Waals surface area contributed by atoms with E-state index in [4.69, 9.17) is 11.6 Å². The number of piperidine rings is 1. The third kappa shape index (κ3) is 5.83. The van der Waals surface area contributed by atoms with Crippen LogP contribution in [0.15, 0.2) is 24.3 Å². The lowest BCUT2D eigenvalue weighted by Gasteiger charge is -2.51. The van der Waals surface area contributed by atoms with Crippen LogP contribution < -0.4 is 5.32 Å². The van der Waals surface area contributed by atoms with Crippen molar-refractivity contribution in [2.45, 2.75) is 84.3 Å². The van der Waals surface area contributed by atoms with Crippen molar-refractivity contribution >= 4 is 29.2 Å². The lowest BCUT2D eigenvalue weighted by molar-refractivity contribution is -0.156. The van der Waals surface area contributed by atoms with Crippen molar-refractivity contribution in [3.05, 3.63) is 34.9 Å².